The predicted octanol–water partition coefficient (Wildman–Crippen LogP) is 2.56. The average Bonchev–Trinajstić information content (AvgIpc) is 3.02. The molecule has 0 saturated heterocycles. The Morgan fingerprint density at radius 1 is 1.50 bits per heavy atom. The number of pyridine rings is 1. The van der Waals surface area contributed by atoms with Gasteiger partial charge in [-0.15, -0.1) is 0 Å². The van der Waals surface area contributed by atoms with Crippen molar-refractivity contribution in [2.45, 2.75) is 39.7 Å². The molecule has 0 N–H and O–H groups in total. The van der Waals surface area contributed by atoms with Crippen molar-refractivity contribution in [1.29, 1.82) is 5.26 Å². The summed E-state index contributed by atoms with van der Waals surface area (Å²) in [5.74, 6) is 0. The quantitative estimate of drug-likeness (QED) is 0.778. The van der Waals surface area contributed by atoms with Gasteiger partial charge in [-0.2, -0.15) is 5.26 Å². The minimum absolute atomic E-state index is 0.637. The van der Waals surface area contributed by atoms with E-state index in [-0.39, 0.29) is 0 Å². The number of nitriles is 1. The van der Waals surface area contributed by atoms with Crippen LogP contribution in [0.3, 0.4) is 0 Å². The van der Waals surface area contributed by atoms with E-state index in [1.165, 1.54) is 12.8 Å². The van der Waals surface area contributed by atoms with E-state index in [4.69, 9.17) is 0 Å². The molecule has 0 bridgehead atoms. The highest BCUT2D eigenvalue weighted by atomic mass is 15.2. The number of aryl methyl sites for hydroxylation is 2. The maximum absolute atomic E-state index is 9.22. The van der Waals surface area contributed by atoms with Crippen LogP contribution in [0.15, 0.2) is 6.07 Å². The predicted molar refractivity (Wildman–Crippen MR) is 64.5 cm³/mol. The molecular weight excluding hydrogens is 198 g/mol. The molecule has 0 aliphatic heterocycles. The Bertz CT molecular complexity index is 441. The van der Waals surface area contributed by atoms with Crippen LogP contribution in [0.25, 0.3) is 0 Å². The van der Waals surface area contributed by atoms with Gasteiger partial charge in [0.05, 0.1) is 16.9 Å². The van der Waals surface area contributed by atoms with Crippen molar-refractivity contribution in [3.63, 3.8) is 0 Å². The lowest BCUT2D eigenvalue weighted by atomic mass is 10.1. The first kappa shape index (κ1) is 10.9. The fraction of sp³-hybridized carbons (Fsp3) is 0.538. The SMILES string of the molecule is CCN(c1cc(C)nc(C)c1C#N)C1CC1. The minimum atomic E-state index is 0.637. The molecule has 1 fully saturated rings. The fourth-order valence-electron chi connectivity index (χ4n) is 2.18. The first-order valence-electron chi connectivity index (χ1n) is 5.82. The highest BCUT2D eigenvalue weighted by Crippen LogP contribution is 2.34. The van der Waals surface area contributed by atoms with Crippen LogP contribution in [0.1, 0.15) is 36.7 Å². The van der Waals surface area contributed by atoms with Gasteiger partial charge in [0, 0.05) is 18.3 Å². The van der Waals surface area contributed by atoms with E-state index in [2.05, 4.69) is 22.9 Å². The van der Waals surface area contributed by atoms with E-state index >= 15 is 0 Å². The van der Waals surface area contributed by atoms with Crippen LogP contribution < -0.4 is 4.90 Å². The lowest BCUT2D eigenvalue weighted by molar-refractivity contribution is 0.820. The minimum Gasteiger partial charge on any atom is -0.368 e. The molecular formula is C13H17N3. The van der Waals surface area contributed by atoms with E-state index in [9.17, 15) is 5.26 Å². The van der Waals surface area contributed by atoms with Gasteiger partial charge in [0.25, 0.3) is 0 Å². The van der Waals surface area contributed by atoms with Crippen molar-refractivity contribution in [2.75, 3.05) is 11.4 Å². The van der Waals surface area contributed by atoms with Crippen LogP contribution in [0, 0.1) is 25.2 Å². The molecule has 3 nitrogen and oxygen atoms in total. The summed E-state index contributed by atoms with van der Waals surface area (Å²) in [6.45, 7) is 7.00. The Kier molecular flexibility index (Phi) is 2.82. The number of anilines is 1. The zero-order valence-electron chi connectivity index (χ0n) is 10.1. The van der Waals surface area contributed by atoms with Crippen LogP contribution in [0.4, 0.5) is 5.69 Å². The third-order valence-corrected chi connectivity index (χ3v) is 3.06. The first-order valence-corrected chi connectivity index (χ1v) is 5.82. The molecule has 1 heterocycles. The second kappa shape index (κ2) is 4.13. The maximum atomic E-state index is 9.22. The fourth-order valence-corrected chi connectivity index (χ4v) is 2.18. The molecule has 0 atom stereocenters. The highest BCUT2D eigenvalue weighted by molar-refractivity contribution is 5.62. The zero-order valence-corrected chi connectivity index (χ0v) is 10.1. The van der Waals surface area contributed by atoms with Gasteiger partial charge in [0.1, 0.15) is 6.07 Å². The summed E-state index contributed by atoms with van der Waals surface area (Å²) in [7, 11) is 0. The molecule has 1 saturated carbocycles. The Balaban J connectivity index is 2.49. The third kappa shape index (κ3) is 1.88. The van der Waals surface area contributed by atoms with Gasteiger partial charge in [-0.05, 0) is 39.7 Å². The molecule has 2 rings (SSSR count). The number of hydrogen-bond acceptors (Lipinski definition) is 3. The molecule has 0 aromatic carbocycles. The van der Waals surface area contributed by atoms with E-state index in [1.54, 1.807) is 0 Å². The Hall–Kier alpha value is -1.56. The smallest absolute Gasteiger partial charge is 0.103 e. The van der Waals surface area contributed by atoms with Gasteiger partial charge in [-0.1, -0.05) is 0 Å². The summed E-state index contributed by atoms with van der Waals surface area (Å²) < 4.78 is 0. The van der Waals surface area contributed by atoms with Crippen molar-refractivity contribution in [1.82, 2.24) is 4.98 Å². The van der Waals surface area contributed by atoms with Crippen molar-refractivity contribution >= 4 is 5.69 Å². The Labute approximate surface area is 96.7 Å². The number of hydrogen-bond donors (Lipinski definition) is 0. The summed E-state index contributed by atoms with van der Waals surface area (Å²) in [6, 6.07) is 4.96. The van der Waals surface area contributed by atoms with Crippen LogP contribution in [0.5, 0.6) is 0 Å². The third-order valence-electron chi connectivity index (χ3n) is 3.06. The van der Waals surface area contributed by atoms with E-state index in [1.807, 2.05) is 19.9 Å². The molecule has 0 spiro atoms. The standard InChI is InChI=1S/C13H17N3/c1-4-16(11-5-6-11)13-7-9(2)15-10(3)12(13)8-14/h7,11H,4-6H2,1-3H3. The number of aromatic nitrogens is 1. The normalized spacial score (nSPS) is 14.6. The molecule has 1 aromatic rings. The van der Waals surface area contributed by atoms with Crippen LogP contribution in [-0.4, -0.2) is 17.6 Å². The molecule has 84 valence electrons. The van der Waals surface area contributed by atoms with Gasteiger partial charge >= 0.3 is 0 Å². The number of rotatable bonds is 3. The molecule has 0 radical (unpaired) electrons. The molecule has 0 unspecified atom stereocenters. The number of nitrogens with zero attached hydrogens (tertiary/aromatic N) is 3. The van der Waals surface area contributed by atoms with E-state index in [0.717, 1.165) is 29.2 Å². The lowest BCUT2D eigenvalue weighted by Gasteiger charge is -2.24. The molecule has 1 aromatic heterocycles. The summed E-state index contributed by atoms with van der Waals surface area (Å²) >= 11 is 0. The molecule has 1 aliphatic rings. The van der Waals surface area contributed by atoms with Crippen LogP contribution in [0.2, 0.25) is 0 Å². The first-order chi connectivity index (χ1) is 7.67. The van der Waals surface area contributed by atoms with Crippen LogP contribution >= 0.6 is 0 Å². The van der Waals surface area contributed by atoms with Crippen molar-refractivity contribution in [3.8, 4) is 6.07 Å². The van der Waals surface area contributed by atoms with Gasteiger partial charge in [-0.25, -0.2) is 0 Å². The van der Waals surface area contributed by atoms with Crippen molar-refractivity contribution < 1.29 is 0 Å². The zero-order chi connectivity index (χ0) is 11.7. The van der Waals surface area contributed by atoms with Gasteiger partial charge in [-0.3, -0.25) is 4.98 Å². The van der Waals surface area contributed by atoms with Gasteiger partial charge in [0.15, 0.2) is 0 Å². The summed E-state index contributed by atoms with van der Waals surface area (Å²) in [5.41, 5.74) is 3.64. The van der Waals surface area contributed by atoms with Gasteiger partial charge < -0.3 is 4.90 Å². The van der Waals surface area contributed by atoms with Crippen molar-refractivity contribution in [2.24, 2.45) is 0 Å². The molecule has 1 aliphatic carbocycles. The maximum Gasteiger partial charge on any atom is 0.103 e. The van der Waals surface area contributed by atoms with Gasteiger partial charge in [0.2, 0.25) is 0 Å². The molecule has 0 amide bonds. The summed E-state index contributed by atoms with van der Waals surface area (Å²) in [5, 5.41) is 9.22. The lowest BCUT2D eigenvalue weighted by Crippen LogP contribution is -2.26. The molecule has 3 heteroatoms. The second-order valence-corrected chi connectivity index (χ2v) is 4.37. The summed E-state index contributed by atoms with van der Waals surface area (Å²) in [4.78, 5) is 6.69. The summed E-state index contributed by atoms with van der Waals surface area (Å²) in [6.07, 6.45) is 2.50. The average molecular weight is 215 g/mol. The second-order valence-electron chi connectivity index (χ2n) is 4.37. The largest absolute Gasteiger partial charge is 0.368 e. The Morgan fingerprint density at radius 3 is 2.69 bits per heavy atom. The van der Waals surface area contributed by atoms with Crippen molar-refractivity contribution in [3.05, 3.63) is 23.0 Å². The monoisotopic (exact) mass is 215 g/mol. The topological polar surface area (TPSA) is 39.9 Å². The van der Waals surface area contributed by atoms with E-state index in [0.29, 0.717) is 6.04 Å². The Morgan fingerprint density at radius 2 is 2.19 bits per heavy atom. The van der Waals surface area contributed by atoms with E-state index < -0.39 is 0 Å². The van der Waals surface area contributed by atoms with Crippen LogP contribution in [-0.2, 0) is 0 Å². The highest BCUT2D eigenvalue weighted by Gasteiger charge is 2.30. The molecule has 16 heavy (non-hydrogen) atoms.